The van der Waals surface area contributed by atoms with Gasteiger partial charge in [0.2, 0.25) is 5.91 Å². The van der Waals surface area contributed by atoms with Crippen molar-refractivity contribution in [3.8, 4) is 0 Å². The maximum absolute atomic E-state index is 13.8. The van der Waals surface area contributed by atoms with E-state index in [-0.39, 0.29) is 12.5 Å². The molecule has 7 nitrogen and oxygen atoms in total. The summed E-state index contributed by atoms with van der Waals surface area (Å²) < 4.78 is 0. The summed E-state index contributed by atoms with van der Waals surface area (Å²) in [7, 11) is 0. The van der Waals surface area contributed by atoms with Gasteiger partial charge in [-0.2, -0.15) is 0 Å². The number of nitrogens with zero attached hydrogens (tertiary/aromatic N) is 3. The molecule has 2 saturated heterocycles. The number of carbonyl (C=O) groups excluding carboxylic acids is 3. The Morgan fingerprint density at radius 2 is 1.26 bits per heavy atom. The van der Waals surface area contributed by atoms with E-state index in [1.54, 1.807) is 4.90 Å². The molecule has 2 heterocycles. The molecule has 2 aliphatic rings. The molecule has 0 saturated carbocycles. The third-order valence-electron chi connectivity index (χ3n) is 6.79. The zero-order valence-electron chi connectivity index (χ0n) is 19.5. The largest absolute Gasteiger partial charge is 0.339 e. The Bertz CT molecular complexity index is 1150. The van der Waals surface area contributed by atoms with E-state index >= 15 is 0 Å². The van der Waals surface area contributed by atoms with Crippen molar-refractivity contribution in [3.05, 3.63) is 108 Å². The molecule has 7 heteroatoms. The molecule has 0 bridgehead atoms. The molecule has 2 aliphatic heterocycles. The smallest absolute Gasteiger partial charge is 0.326 e. The number of nitrogens with one attached hydrogen (secondary N) is 1. The van der Waals surface area contributed by atoms with E-state index in [1.165, 1.54) is 5.56 Å². The van der Waals surface area contributed by atoms with Crippen molar-refractivity contribution in [2.45, 2.75) is 12.1 Å². The number of carbonyl (C=O) groups is 3. The average Bonchev–Trinajstić information content (AvgIpc) is 3.16. The Hall–Kier alpha value is -3.97. The van der Waals surface area contributed by atoms with Gasteiger partial charge in [0, 0.05) is 32.7 Å². The minimum absolute atomic E-state index is 0.218. The predicted molar refractivity (Wildman–Crippen MR) is 132 cm³/mol. The van der Waals surface area contributed by atoms with E-state index in [0.717, 1.165) is 24.5 Å². The van der Waals surface area contributed by atoms with Crippen molar-refractivity contribution < 1.29 is 14.4 Å². The SMILES string of the molecule is O=C(CN1C(=O)NC(c2ccccc2)(c2ccccc2)C1=O)N1CCN(Cc2ccccc2)CC1. The predicted octanol–water partition coefficient (Wildman–Crippen LogP) is 2.83. The molecule has 0 radical (unpaired) electrons. The van der Waals surface area contributed by atoms with Crippen LogP contribution in [0.1, 0.15) is 16.7 Å². The third kappa shape index (κ3) is 4.42. The number of imide groups is 1. The molecular weight excluding hydrogens is 440 g/mol. The molecule has 0 unspecified atom stereocenters. The second-order valence-electron chi connectivity index (χ2n) is 8.95. The molecule has 3 aromatic rings. The number of benzene rings is 3. The summed E-state index contributed by atoms with van der Waals surface area (Å²) in [5.41, 5.74) is 1.21. The number of hydrogen-bond donors (Lipinski definition) is 1. The molecule has 178 valence electrons. The van der Waals surface area contributed by atoms with Crippen LogP contribution in [0.3, 0.4) is 0 Å². The average molecular weight is 469 g/mol. The monoisotopic (exact) mass is 468 g/mol. The molecule has 0 aromatic heterocycles. The first-order valence-electron chi connectivity index (χ1n) is 11.9. The van der Waals surface area contributed by atoms with Gasteiger partial charge in [-0.3, -0.25) is 19.4 Å². The van der Waals surface area contributed by atoms with Crippen LogP contribution in [0.25, 0.3) is 0 Å². The summed E-state index contributed by atoms with van der Waals surface area (Å²) in [6, 6.07) is 28.0. The minimum Gasteiger partial charge on any atom is -0.339 e. The van der Waals surface area contributed by atoms with Crippen LogP contribution in [0.4, 0.5) is 4.79 Å². The van der Waals surface area contributed by atoms with Crippen molar-refractivity contribution in [2.24, 2.45) is 0 Å². The van der Waals surface area contributed by atoms with Gasteiger partial charge in [0.15, 0.2) is 5.54 Å². The zero-order chi connectivity index (χ0) is 24.3. The van der Waals surface area contributed by atoms with Crippen LogP contribution in [0.5, 0.6) is 0 Å². The van der Waals surface area contributed by atoms with Crippen molar-refractivity contribution in [1.82, 2.24) is 20.0 Å². The van der Waals surface area contributed by atoms with Gasteiger partial charge in [0.05, 0.1) is 0 Å². The van der Waals surface area contributed by atoms with Crippen LogP contribution < -0.4 is 5.32 Å². The van der Waals surface area contributed by atoms with Gasteiger partial charge in [0.25, 0.3) is 5.91 Å². The Morgan fingerprint density at radius 1 is 0.743 bits per heavy atom. The molecule has 2 fully saturated rings. The molecule has 0 aliphatic carbocycles. The highest BCUT2D eigenvalue weighted by molar-refractivity contribution is 6.11. The molecule has 3 aromatic carbocycles. The lowest BCUT2D eigenvalue weighted by molar-refractivity contribution is -0.139. The van der Waals surface area contributed by atoms with Crippen LogP contribution >= 0.6 is 0 Å². The fraction of sp³-hybridized carbons (Fsp3) is 0.250. The first kappa shape index (κ1) is 22.8. The maximum atomic E-state index is 13.8. The number of hydrogen-bond acceptors (Lipinski definition) is 4. The highest BCUT2D eigenvalue weighted by Gasteiger charge is 2.54. The molecule has 1 N–H and O–H groups in total. The van der Waals surface area contributed by atoms with Crippen LogP contribution in [-0.4, -0.2) is 65.3 Å². The molecule has 5 rings (SSSR count). The quantitative estimate of drug-likeness (QED) is 0.565. The van der Waals surface area contributed by atoms with E-state index < -0.39 is 17.5 Å². The van der Waals surface area contributed by atoms with Gasteiger partial charge in [-0.1, -0.05) is 91.0 Å². The first-order chi connectivity index (χ1) is 17.1. The lowest BCUT2D eigenvalue weighted by atomic mass is 9.82. The fourth-order valence-electron chi connectivity index (χ4n) is 4.89. The van der Waals surface area contributed by atoms with Crippen molar-refractivity contribution in [1.29, 1.82) is 0 Å². The molecule has 0 spiro atoms. The third-order valence-corrected chi connectivity index (χ3v) is 6.79. The molecule has 0 atom stereocenters. The standard InChI is InChI=1S/C28H28N4O3/c33-25(31-18-16-30(17-19-31)20-22-10-4-1-5-11-22)21-32-26(34)28(29-27(32)35,23-12-6-2-7-13-23)24-14-8-3-9-15-24/h1-15H,16-21H2,(H,29,35). The topological polar surface area (TPSA) is 73.0 Å². The summed E-state index contributed by atoms with van der Waals surface area (Å²) in [5.74, 6) is -0.652. The Balaban J connectivity index is 1.29. The molecular formula is C28H28N4O3. The van der Waals surface area contributed by atoms with E-state index in [1.807, 2.05) is 78.9 Å². The Labute approximate surface area is 204 Å². The Morgan fingerprint density at radius 3 is 1.80 bits per heavy atom. The van der Waals surface area contributed by atoms with Gasteiger partial charge in [-0.15, -0.1) is 0 Å². The second-order valence-corrected chi connectivity index (χ2v) is 8.95. The Kier molecular flexibility index (Phi) is 6.33. The van der Waals surface area contributed by atoms with E-state index in [4.69, 9.17) is 0 Å². The highest BCUT2D eigenvalue weighted by Crippen LogP contribution is 2.36. The second kappa shape index (κ2) is 9.72. The van der Waals surface area contributed by atoms with Gasteiger partial charge < -0.3 is 10.2 Å². The number of rotatable bonds is 6. The van der Waals surface area contributed by atoms with Crippen molar-refractivity contribution in [2.75, 3.05) is 32.7 Å². The highest BCUT2D eigenvalue weighted by atomic mass is 16.2. The van der Waals surface area contributed by atoms with E-state index in [2.05, 4.69) is 22.3 Å². The summed E-state index contributed by atoms with van der Waals surface area (Å²) in [4.78, 5) is 45.0. The van der Waals surface area contributed by atoms with Crippen LogP contribution in [-0.2, 0) is 21.7 Å². The summed E-state index contributed by atoms with van der Waals surface area (Å²) in [6.07, 6.45) is 0. The van der Waals surface area contributed by atoms with Gasteiger partial charge >= 0.3 is 6.03 Å². The molecule has 35 heavy (non-hydrogen) atoms. The zero-order valence-corrected chi connectivity index (χ0v) is 19.5. The fourth-order valence-corrected chi connectivity index (χ4v) is 4.89. The minimum atomic E-state index is -1.35. The molecule has 4 amide bonds. The van der Waals surface area contributed by atoms with Crippen LogP contribution in [0, 0.1) is 0 Å². The first-order valence-corrected chi connectivity index (χ1v) is 11.9. The van der Waals surface area contributed by atoms with E-state index in [0.29, 0.717) is 24.2 Å². The maximum Gasteiger partial charge on any atom is 0.326 e. The number of amides is 4. The summed E-state index contributed by atoms with van der Waals surface area (Å²) in [6.45, 7) is 3.20. The normalized spacial score (nSPS) is 17.9. The summed E-state index contributed by atoms with van der Waals surface area (Å²) in [5, 5.41) is 2.90. The lowest BCUT2D eigenvalue weighted by Gasteiger charge is -2.35. The van der Waals surface area contributed by atoms with Crippen LogP contribution in [0.2, 0.25) is 0 Å². The van der Waals surface area contributed by atoms with Crippen molar-refractivity contribution in [3.63, 3.8) is 0 Å². The van der Waals surface area contributed by atoms with Gasteiger partial charge in [0.1, 0.15) is 6.54 Å². The van der Waals surface area contributed by atoms with Gasteiger partial charge in [-0.05, 0) is 16.7 Å². The van der Waals surface area contributed by atoms with Gasteiger partial charge in [-0.25, -0.2) is 4.79 Å². The number of urea groups is 1. The summed E-state index contributed by atoms with van der Waals surface area (Å²) >= 11 is 0. The van der Waals surface area contributed by atoms with Crippen LogP contribution in [0.15, 0.2) is 91.0 Å². The lowest BCUT2D eigenvalue weighted by Crippen LogP contribution is -2.52. The number of piperazine rings is 1. The van der Waals surface area contributed by atoms with Crippen molar-refractivity contribution >= 4 is 17.8 Å². The van der Waals surface area contributed by atoms with E-state index in [9.17, 15) is 14.4 Å².